The number of hydrogen-bond acceptors (Lipinski definition) is 1. The minimum atomic E-state index is -1.43. The summed E-state index contributed by atoms with van der Waals surface area (Å²) < 4.78 is 6.32. The molecule has 0 aromatic heterocycles. The lowest BCUT2D eigenvalue weighted by Crippen LogP contribution is -2.40. The first-order chi connectivity index (χ1) is 6.83. The highest BCUT2D eigenvalue weighted by Gasteiger charge is 2.29. The summed E-state index contributed by atoms with van der Waals surface area (Å²) in [6.45, 7) is 13.4. The first kappa shape index (κ1) is 14.9. The second kappa shape index (κ2) is 6.49. The highest BCUT2D eigenvalue weighted by molar-refractivity contribution is 6.69. The van der Waals surface area contributed by atoms with E-state index in [0.29, 0.717) is 0 Å². The number of allylic oxidation sites excluding steroid dienone is 1. The van der Waals surface area contributed by atoms with Crippen molar-refractivity contribution in [2.45, 2.75) is 71.7 Å². The summed E-state index contributed by atoms with van der Waals surface area (Å²) in [5, 5.41) is 0. The van der Waals surface area contributed by atoms with Gasteiger partial charge in [0.2, 0.25) is 0 Å². The van der Waals surface area contributed by atoms with E-state index in [0.717, 1.165) is 6.42 Å². The van der Waals surface area contributed by atoms with Crippen molar-refractivity contribution in [1.29, 1.82) is 0 Å². The predicted molar refractivity (Wildman–Crippen MR) is 71.8 cm³/mol. The van der Waals surface area contributed by atoms with Crippen molar-refractivity contribution in [2.24, 2.45) is 0 Å². The second-order valence-corrected chi connectivity index (χ2v) is 9.97. The zero-order valence-electron chi connectivity index (χ0n) is 11.4. The molecule has 0 aromatic carbocycles. The van der Waals surface area contributed by atoms with Gasteiger partial charge in [0, 0.05) is 0 Å². The Morgan fingerprint density at radius 3 is 2.27 bits per heavy atom. The van der Waals surface area contributed by atoms with Crippen LogP contribution in [-0.4, -0.2) is 13.9 Å². The molecule has 1 nitrogen and oxygen atoms in total. The minimum absolute atomic E-state index is 0.0625. The summed E-state index contributed by atoms with van der Waals surface area (Å²) in [6, 6.07) is 0. The van der Waals surface area contributed by atoms with Crippen LogP contribution in [0.5, 0.6) is 0 Å². The van der Waals surface area contributed by atoms with Crippen molar-refractivity contribution < 1.29 is 4.43 Å². The van der Waals surface area contributed by atoms with Crippen molar-refractivity contribution >= 4 is 8.32 Å². The molecule has 15 heavy (non-hydrogen) atoms. The van der Waals surface area contributed by atoms with E-state index in [1.165, 1.54) is 19.3 Å². The average Bonchev–Trinajstić information content (AvgIpc) is 2.09. The highest BCUT2D eigenvalue weighted by Crippen LogP contribution is 2.27. The van der Waals surface area contributed by atoms with Crippen LogP contribution >= 0.6 is 0 Å². The standard InChI is InChI=1S/C13H28OSi/c1-7-9-11-13(3,12-10-8-2)14-15(4,5)6/h7,9H,8,10-12H2,1-6H3/b9-7+. The zero-order chi connectivity index (χ0) is 11.9. The Hall–Kier alpha value is -0.0831. The van der Waals surface area contributed by atoms with Gasteiger partial charge in [0.15, 0.2) is 8.32 Å². The Bertz CT molecular complexity index is 193. The van der Waals surface area contributed by atoms with Gasteiger partial charge in [-0.05, 0) is 46.3 Å². The lowest BCUT2D eigenvalue weighted by molar-refractivity contribution is 0.0715. The molecule has 90 valence electrons. The largest absolute Gasteiger partial charge is 0.412 e. The van der Waals surface area contributed by atoms with Crippen molar-refractivity contribution in [1.82, 2.24) is 0 Å². The summed E-state index contributed by atoms with van der Waals surface area (Å²) in [5.41, 5.74) is 0.0625. The van der Waals surface area contributed by atoms with Gasteiger partial charge in [-0.1, -0.05) is 31.9 Å². The van der Waals surface area contributed by atoms with Gasteiger partial charge in [0.05, 0.1) is 5.60 Å². The Morgan fingerprint density at radius 1 is 1.27 bits per heavy atom. The van der Waals surface area contributed by atoms with Crippen LogP contribution in [0.25, 0.3) is 0 Å². The Balaban J connectivity index is 4.39. The number of hydrogen-bond donors (Lipinski definition) is 0. The van der Waals surface area contributed by atoms with Crippen LogP contribution in [0.15, 0.2) is 12.2 Å². The lowest BCUT2D eigenvalue weighted by atomic mass is 9.95. The normalized spacial score (nSPS) is 16.9. The molecule has 0 fully saturated rings. The minimum Gasteiger partial charge on any atom is -0.412 e. The van der Waals surface area contributed by atoms with Crippen LogP contribution in [0.4, 0.5) is 0 Å². The van der Waals surface area contributed by atoms with Gasteiger partial charge < -0.3 is 4.43 Å². The monoisotopic (exact) mass is 228 g/mol. The van der Waals surface area contributed by atoms with Gasteiger partial charge in [0.1, 0.15) is 0 Å². The van der Waals surface area contributed by atoms with Crippen LogP contribution in [0.1, 0.15) is 46.5 Å². The molecule has 0 radical (unpaired) electrons. The average molecular weight is 228 g/mol. The van der Waals surface area contributed by atoms with Crippen molar-refractivity contribution in [3.05, 3.63) is 12.2 Å². The number of rotatable bonds is 7. The maximum Gasteiger partial charge on any atom is 0.184 e. The smallest absolute Gasteiger partial charge is 0.184 e. The van der Waals surface area contributed by atoms with E-state index in [1.54, 1.807) is 0 Å². The van der Waals surface area contributed by atoms with E-state index in [2.05, 4.69) is 52.6 Å². The predicted octanol–water partition coefficient (Wildman–Crippen LogP) is 4.75. The summed E-state index contributed by atoms with van der Waals surface area (Å²) in [5.74, 6) is 0. The third-order valence-electron chi connectivity index (χ3n) is 2.40. The maximum atomic E-state index is 6.32. The molecule has 1 unspecified atom stereocenters. The van der Waals surface area contributed by atoms with Crippen LogP contribution in [-0.2, 0) is 4.43 Å². The van der Waals surface area contributed by atoms with E-state index in [1.807, 2.05) is 0 Å². The molecule has 0 heterocycles. The molecule has 2 heteroatoms. The molecular formula is C13H28OSi. The summed E-state index contributed by atoms with van der Waals surface area (Å²) in [7, 11) is -1.43. The molecule has 0 aliphatic carbocycles. The molecule has 0 aliphatic heterocycles. The van der Waals surface area contributed by atoms with Gasteiger partial charge in [-0.3, -0.25) is 0 Å². The van der Waals surface area contributed by atoms with Crippen molar-refractivity contribution in [3.63, 3.8) is 0 Å². The third-order valence-corrected chi connectivity index (χ3v) is 3.50. The highest BCUT2D eigenvalue weighted by atomic mass is 28.4. The topological polar surface area (TPSA) is 9.23 Å². The molecule has 1 atom stereocenters. The molecule has 0 rings (SSSR count). The Morgan fingerprint density at radius 2 is 1.87 bits per heavy atom. The van der Waals surface area contributed by atoms with E-state index in [9.17, 15) is 0 Å². The molecule has 0 aliphatic rings. The Labute approximate surface area is 97.0 Å². The number of unbranched alkanes of at least 4 members (excludes halogenated alkanes) is 1. The molecule has 0 saturated heterocycles. The lowest BCUT2D eigenvalue weighted by Gasteiger charge is -2.36. The molecule has 0 bridgehead atoms. The van der Waals surface area contributed by atoms with Gasteiger partial charge in [-0.25, -0.2) is 0 Å². The fraction of sp³-hybridized carbons (Fsp3) is 0.846. The van der Waals surface area contributed by atoms with Gasteiger partial charge in [-0.2, -0.15) is 0 Å². The van der Waals surface area contributed by atoms with Crippen LogP contribution in [0.3, 0.4) is 0 Å². The molecule has 0 amide bonds. The molecule has 0 saturated carbocycles. The van der Waals surface area contributed by atoms with E-state index < -0.39 is 8.32 Å². The van der Waals surface area contributed by atoms with Crippen LogP contribution in [0.2, 0.25) is 19.6 Å². The van der Waals surface area contributed by atoms with E-state index in [-0.39, 0.29) is 5.60 Å². The quantitative estimate of drug-likeness (QED) is 0.451. The molecular weight excluding hydrogens is 200 g/mol. The van der Waals surface area contributed by atoms with Crippen molar-refractivity contribution in [3.8, 4) is 0 Å². The Kier molecular flexibility index (Phi) is 6.45. The summed E-state index contributed by atoms with van der Waals surface area (Å²) in [6.07, 6.45) is 9.10. The van der Waals surface area contributed by atoms with E-state index >= 15 is 0 Å². The fourth-order valence-corrected chi connectivity index (χ4v) is 3.52. The van der Waals surface area contributed by atoms with Crippen LogP contribution < -0.4 is 0 Å². The summed E-state index contributed by atoms with van der Waals surface area (Å²) in [4.78, 5) is 0. The van der Waals surface area contributed by atoms with Gasteiger partial charge >= 0.3 is 0 Å². The fourth-order valence-electron chi connectivity index (χ4n) is 1.85. The molecule has 0 aromatic rings. The van der Waals surface area contributed by atoms with Crippen LogP contribution in [0, 0.1) is 0 Å². The van der Waals surface area contributed by atoms with E-state index in [4.69, 9.17) is 4.43 Å². The SMILES string of the molecule is C/C=C/CC(C)(CCCC)O[Si](C)(C)C. The maximum absolute atomic E-state index is 6.32. The second-order valence-electron chi connectivity index (χ2n) is 5.54. The first-order valence-corrected chi connectivity index (χ1v) is 9.55. The van der Waals surface area contributed by atoms with Gasteiger partial charge in [-0.15, -0.1) is 0 Å². The van der Waals surface area contributed by atoms with Crippen molar-refractivity contribution in [2.75, 3.05) is 0 Å². The molecule has 0 N–H and O–H groups in total. The zero-order valence-corrected chi connectivity index (χ0v) is 12.4. The van der Waals surface area contributed by atoms with Gasteiger partial charge in [0.25, 0.3) is 0 Å². The first-order valence-electron chi connectivity index (χ1n) is 6.14. The summed E-state index contributed by atoms with van der Waals surface area (Å²) >= 11 is 0. The molecule has 0 spiro atoms. The third kappa shape index (κ3) is 7.80.